The number of nitrogens with zero attached hydrogens (tertiary/aromatic N) is 4. The third-order valence-corrected chi connectivity index (χ3v) is 8.94. The Morgan fingerprint density at radius 1 is 0.865 bits per heavy atom. The molecule has 0 unspecified atom stereocenters. The Kier molecular flexibility index (Phi) is 7.50. The third-order valence-electron chi connectivity index (χ3n) is 7.02. The second-order valence-corrected chi connectivity index (χ2v) is 11.5. The first-order valence-corrected chi connectivity index (χ1v) is 14.2. The summed E-state index contributed by atoms with van der Waals surface area (Å²) >= 11 is 0. The number of sulfonamides is 1. The number of piperazine rings is 1. The van der Waals surface area contributed by atoms with Gasteiger partial charge in [-0.1, -0.05) is 60.2 Å². The standard InChI is InChI=1S/C29H33N5O2S/c1-22-12-14-25(15-13-22)37(35,36)34-20-18-33(19-21-34)23(2)28-31-27-11-7-6-10-26(27)29(32-28)30-17-16-24-8-4-3-5-9-24/h3-15,23H,16-21H2,1-2H3,(H,30,31,32)/t23-/m0/s1. The van der Waals surface area contributed by atoms with E-state index in [2.05, 4.69) is 41.4 Å². The number of para-hydroxylation sites is 1. The average Bonchev–Trinajstić information content (AvgIpc) is 2.93. The number of nitrogens with one attached hydrogen (secondary N) is 1. The molecule has 1 aliphatic rings. The molecule has 1 aromatic heterocycles. The molecule has 0 radical (unpaired) electrons. The van der Waals surface area contributed by atoms with Gasteiger partial charge in [0, 0.05) is 38.1 Å². The van der Waals surface area contributed by atoms with E-state index in [1.165, 1.54) is 5.56 Å². The van der Waals surface area contributed by atoms with Crippen LogP contribution in [0.25, 0.3) is 10.9 Å². The molecular formula is C29H33N5O2S. The Balaban J connectivity index is 1.29. The molecular weight excluding hydrogens is 482 g/mol. The molecule has 0 saturated carbocycles. The maximum atomic E-state index is 13.1. The van der Waals surface area contributed by atoms with Crippen molar-refractivity contribution in [3.8, 4) is 0 Å². The van der Waals surface area contributed by atoms with Gasteiger partial charge >= 0.3 is 0 Å². The van der Waals surface area contributed by atoms with Gasteiger partial charge in [-0.25, -0.2) is 18.4 Å². The lowest BCUT2D eigenvalue weighted by Crippen LogP contribution is -2.49. The van der Waals surface area contributed by atoms with Crippen LogP contribution >= 0.6 is 0 Å². The van der Waals surface area contributed by atoms with E-state index in [0.29, 0.717) is 31.1 Å². The molecule has 3 aromatic carbocycles. The molecule has 1 N–H and O–H groups in total. The summed E-state index contributed by atoms with van der Waals surface area (Å²) in [6.07, 6.45) is 0.904. The van der Waals surface area contributed by atoms with Gasteiger partial charge in [0.2, 0.25) is 10.0 Å². The molecule has 8 heteroatoms. The van der Waals surface area contributed by atoms with E-state index in [-0.39, 0.29) is 6.04 Å². The lowest BCUT2D eigenvalue weighted by molar-refractivity contribution is 0.141. The quantitative estimate of drug-likeness (QED) is 0.368. The molecule has 0 spiro atoms. The minimum absolute atomic E-state index is 0.0384. The topological polar surface area (TPSA) is 78.4 Å². The fourth-order valence-electron chi connectivity index (χ4n) is 4.74. The van der Waals surface area contributed by atoms with Crippen LogP contribution in [0, 0.1) is 6.92 Å². The van der Waals surface area contributed by atoms with Crippen LogP contribution in [0.4, 0.5) is 5.82 Å². The van der Waals surface area contributed by atoms with Crippen LogP contribution in [0.3, 0.4) is 0 Å². The summed E-state index contributed by atoms with van der Waals surface area (Å²) in [6.45, 7) is 6.96. The normalized spacial score (nSPS) is 16.1. The Hall–Kier alpha value is -3.33. The van der Waals surface area contributed by atoms with Crippen LogP contribution in [0.2, 0.25) is 0 Å². The first-order valence-electron chi connectivity index (χ1n) is 12.8. The zero-order valence-corrected chi connectivity index (χ0v) is 22.2. The van der Waals surface area contributed by atoms with Gasteiger partial charge in [0.1, 0.15) is 11.6 Å². The number of aryl methyl sites for hydroxylation is 1. The number of anilines is 1. The minimum Gasteiger partial charge on any atom is -0.369 e. The van der Waals surface area contributed by atoms with E-state index < -0.39 is 10.0 Å². The molecule has 1 fully saturated rings. The van der Waals surface area contributed by atoms with Crippen LogP contribution < -0.4 is 5.32 Å². The Labute approximate surface area is 219 Å². The molecule has 1 aliphatic heterocycles. The van der Waals surface area contributed by atoms with Crippen LogP contribution in [0.15, 0.2) is 83.8 Å². The van der Waals surface area contributed by atoms with E-state index in [0.717, 1.165) is 41.1 Å². The number of hydrogen-bond acceptors (Lipinski definition) is 6. The maximum Gasteiger partial charge on any atom is 0.243 e. The van der Waals surface area contributed by atoms with Crippen molar-refractivity contribution in [2.24, 2.45) is 0 Å². The summed E-state index contributed by atoms with van der Waals surface area (Å²) in [6, 6.07) is 25.5. The fourth-order valence-corrected chi connectivity index (χ4v) is 6.16. The molecule has 4 aromatic rings. The van der Waals surface area contributed by atoms with Crippen molar-refractivity contribution >= 4 is 26.7 Å². The zero-order valence-electron chi connectivity index (χ0n) is 21.3. The predicted molar refractivity (Wildman–Crippen MR) is 148 cm³/mol. The Morgan fingerprint density at radius 2 is 1.54 bits per heavy atom. The zero-order chi connectivity index (χ0) is 25.8. The molecule has 5 rings (SSSR count). The van der Waals surface area contributed by atoms with Crippen LogP contribution in [-0.2, 0) is 16.4 Å². The van der Waals surface area contributed by atoms with Gasteiger partial charge in [0.15, 0.2) is 0 Å². The number of rotatable bonds is 8. The molecule has 192 valence electrons. The molecule has 7 nitrogen and oxygen atoms in total. The third kappa shape index (κ3) is 5.66. The SMILES string of the molecule is Cc1ccc(S(=O)(=O)N2CCN([C@@H](C)c3nc(NCCc4ccccc4)c4ccccc4n3)CC2)cc1. The highest BCUT2D eigenvalue weighted by molar-refractivity contribution is 7.89. The number of fused-ring (bicyclic) bond motifs is 1. The first kappa shape index (κ1) is 25.3. The largest absolute Gasteiger partial charge is 0.369 e. The van der Waals surface area contributed by atoms with Gasteiger partial charge in [-0.3, -0.25) is 4.90 Å². The second kappa shape index (κ2) is 11.0. The van der Waals surface area contributed by atoms with E-state index in [9.17, 15) is 8.42 Å². The molecule has 0 bridgehead atoms. The minimum atomic E-state index is -3.50. The maximum absolute atomic E-state index is 13.1. The smallest absolute Gasteiger partial charge is 0.243 e. The van der Waals surface area contributed by atoms with E-state index >= 15 is 0 Å². The summed E-state index contributed by atoms with van der Waals surface area (Å²) in [5, 5.41) is 4.53. The van der Waals surface area contributed by atoms with Crippen molar-refractivity contribution in [2.75, 3.05) is 38.0 Å². The summed E-state index contributed by atoms with van der Waals surface area (Å²) in [4.78, 5) is 12.4. The van der Waals surface area contributed by atoms with Gasteiger partial charge in [-0.15, -0.1) is 0 Å². The average molecular weight is 516 g/mol. The van der Waals surface area contributed by atoms with Crippen molar-refractivity contribution < 1.29 is 8.42 Å². The highest BCUT2D eigenvalue weighted by atomic mass is 32.2. The van der Waals surface area contributed by atoms with Crippen molar-refractivity contribution in [3.63, 3.8) is 0 Å². The highest BCUT2D eigenvalue weighted by Crippen LogP contribution is 2.27. The lowest BCUT2D eigenvalue weighted by Gasteiger charge is -2.36. The van der Waals surface area contributed by atoms with Crippen molar-refractivity contribution in [1.82, 2.24) is 19.2 Å². The monoisotopic (exact) mass is 515 g/mol. The van der Waals surface area contributed by atoms with Crippen LogP contribution in [-0.4, -0.2) is 60.3 Å². The van der Waals surface area contributed by atoms with Crippen molar-refractivity contribution in [2.45, 2.75) is 31.2 Å². The number of aromatic nitrogens is 2. The highest BCUT2D eigenvalue weighted by Gasteiger charge is 2.31. The fraction of sp³-hybridized carbons (Fsp3) is 0.310. The van der Waals surface area contributed by atoms with Gasteiger partial charge in [-0.05, 0) is 50.1 Å². The molecule has 0 aliphatic carbocycles. The van der Waals surface area contributed by atoms with E-state index in [1.807, 2.05) is 49.4 Å². The van der Waals surface area contributed by atoms with Crippen LogP contribution in [0.1, 0.15) is 29.9 Å². The molecule has 0 amide bonds. The lowest BCUT2D eigenvalue weighted by atomic mass is 10.1. The molecule has 2 heterocycles. The first-order chi connectivity index (χ1) is 17.9. The van der Waals surface area contributed by atoms with Gasteiger partial charge in [-0.2, -0.15) is 4.31 Å². The van der Waals surface area contributed by atoms with E-state index in [4.69, 9.17) is 9.97 Å². The van der Waals surface area contributed by atoms with Gasteiger partial charge < -0.3 is 5.32 Å². The molecule has 1 saturated heterocycles. The van der Waals surface area contributed by atoms with Crippen LogP contribution in [0.5, 0.6) is 0 Å². The van der Waals surface area contributed by atoms with Crippen molar-refractivity contribution in [3.05, 3.63) is 95.8 Å². The summed E-state index contributed by atoms with van der Waals surface area (Å²) in [7, 11) is -3.50. The Morgan fingerprint density at radius 3 is 2.27 bits per heavy atom. The van der Waals surface area contributed by atoms with Crippen molar-refractivity contribution in [1.29, 1.82) is 0 Å². The summed E-state index contributed by atoms with van der Waals surface area (Å²) < 4.78 is 27.8. The van der Waals surface area contributed by atoms with Gasteiger partial charge in [0.25, 0.3) is 0 Å². The Bertz CT molecular complexity index is 1450. The van der Waals surface area contributed by atoms with E-state index in [1.54, 1.807) is 16.4 Å². The van der Waals surface area contributed by atoms with Gasteiger partial charge in [0.05, 0.1) is 16.5 Å². The number of hydrogen-bond donors (Lipinski definition) is 1. The second-order valence-electron chi connectivity index (χ2n) is 9.54. The number of benzene rings is 3. The summed E-state index contributed by atoms with van der Waals surface area (Å²) in [5.74, 6) is 1.58. The predicted octanol–water partition coefficient (Wildman–Crippen LogP) is 4.66. The molecule has 1 atom stereocenters. The molecule has 37 heavy (non-hydrogen) atoms. The summed E-state index contributed by atoms with van der Waals surface area (Å²) in [5.41, 5.74) is 3.23.